The third-order valence-electron chi connectivity index (χ3n) is 4.23. The number of nitrogens with one attached hydrogen (secondary N) is 1. The standard InChI is InChI=1S/C23H23N3O/c1-4-15-26-21(18-11-7-5-8-12-18)20(16-24-23(27)17(2)3)25-22(26)19-13-9-6-10-14-19/h4-14H,1-2,15-16H2,3H3,(H,24,27). The van der Waals surface area contributed by atoms with Crippen LogP contribution in [-0.4, -0.2) is 15.5 Å². The minimum absolute atomic E-state index is 0.173. The second kappa shape index (κ2) is 8.32. The number of imidazole rings is 1. The molecule has 0 saturated carbocycles. The first-order chi connectivity index (χ1) is 13.1. The highest BCUT2D eigenvalue weighted by Crippen LogP contribution is 2.30. The molecule has 0 fully saturated rings. The Balaban J connectivity index is 2.14. The number of benzene rings is 2. The maximum atomic E-state index is 12.0. The van der Waals surface area contributed by atoms with Crippen molar-refractivity contribution in [2.75, 3.05) is 0 Å². The molecule has 0 unspecified atom stereocenters. The number of aromatic nitrogens is 2. The molecule has 0 radical (unpaired) electrons. The molecule has 1 aromatic heterocycles. The lowest BCUT2D eigenvalue weighted by molar-refractivity contribution is -0.117. The van der Waals surface area contributed by atoms with E-state index in [2.05, 4.69) is 35.2 Å². The van der Waals surface area contributed by atoms with Gasteiger partial charge in [0.25, 0.3) is 0 Å². The van der Waals surface area contributed by atoms with Gasteiger partial charge in [0.15, 0.2) is 0 Å². The summed E-state index contributed by atoms with van der Waals surface area (Å²) in [6.07, 6.45) is 1.86. The maximum absolute atomic E-state index is 12.0. The van der Waals surface area contributed by atoms with Crippen molar-refractivity contribution in [2.24, 2.45) is 0 Å². The number of rotatable bonds is 7. The summed E-state index contributed by atoms with van der Waals surface area (Å²) in [4.78, 5) is 16.9. The van der Waals surface area contributed by atoms with Gasteiger partial charge >= 0.3 is 0 Å². The molecule has 0 spiro atoms. The van der Waals surface area contributed by atoms with Crippen LogP contribution in [0.25, 0.3) is 22.6 Å². The molecule has 0 aliphatic heterocycles. The summed E-state index contributed by atoms with van der Waals surface area (Å²) in [6, 6.07) is 20.1. The normalized spacial score (nSPS) is 10.4. The summed E-state index contributed by atoms with van der Waals surface area (Å²) >= 11 is 0. The predicted molar refractivity (Wildman–Crippen MR) is 110 cm³/mol. The predicted octanol–water partition coefficient (Wildman–Crippen LogP) is 4.60. The molecule has 3 aromatic rings. The quantitative estimate of drug-likeness (QED) is 0.496. The van der Waals surface area contributed by atoms with Crippen LogP contribution in [0.1, 0.15) is 12.6 Å². The topological polar surface area (TPSA) is 46.9 Å². The van der Waals surface area contributed by atoms with Gasteiger partial charge in [0, 0.05) is 23.2 Å². The fourth-order valence-corrected chi connectivity index (χ4v) is 2.97. The lowest BCUT2D eigenvalue weighted by Crippen LogP contribution is -2.23. The summed E-state index contributed by atoms with van der Waals surface area (Å²) in [6.45, 7) is 10.2. The Labute approximate surface area is 159 Å². The van der Waals surface area contributed by atoms with Crippen molar-refractivity contribution in [1.82, 2.24) is 14.9 Å². The Morgan fingerprint density at radius 3 is 2.22 bits per heavy atom. The second-order valence-corrected chi connectivity index (χ2v) is 6.33. The van der Waals surface area contributed by atoms with E-state index in [1.54, 1.807) is 6.92 Å². The number of carbonyl (C=O) groups is 1. The molecule has 4 nitrogen and oxygen atoms in total. The highest BCUT2D eigenvalue weighted by molar-refractivity contribution is 5.92. The van der Waals surface area contributed by atoms with Crippen LogP contribution in [-0.2, 0) is 17.9 Å². The Morgan fingerprint density at radius 2 is 1.67 bits per heavy atom. The van der Waals surface area contributed by atoms with Crippen molar-refractivity contribution in [3.05, 3.63) is 91.2 Å². The van der Waals surface area contributed by atoms with Gasteiger partial charge < -0.3 is 9.88 Å². The Kier molecular flexibility index (Phi) is 5.67. The first-order valence-corrected chi connectivity index (χ1v) is 8.86. The van der Waals surface area contributed by atoms with Crippen LogP contribution < -0.4 is 5.32 Å². The summed E-state index contributed by atoms with van der Waals surface area (Å²) in [7, 11) is 0. The smallest absolute Gasteiger partial charge is 0.246 e. The highest BCUT2D eigenvalue weighted by Gasteiger charge is 2.19. The van der Waals surface area contributed by atoms with Crippen LogP contribution in [0.4, 0.5) is 0 Å². The van der Waals surface area contributed by atoms with Gasteiger partial charge in [-0.3, -0.25) is 4.79 Å². The fraction of sp³-hybridized carbons (Fsp3) is 0.130. The largest absolute Gasteiger partial charge is 0.347 e. The Morgan fingerprint density at radius 1 is 1.07 bits per heavy atom. The van der Waals surface area contributed by atoms with Crippen LogP contribution in [0.3, 0.4) is 0 Å². The minimum Gasteiger partial charge on any atom is -0.347 e. The molecule has 1 heterocycles. The molecule has 1 amide bonds. The number of hydrogen-bond donors (Lipinski definition) is 1. The lowest BCUT2D eigenvalue weighted by Gasteiger charge is -2.11. The summed E-state index contributed by atoms with van der Waals surface area (Å²) < 4.78 is 2.14. The van der Waals surface area contributed by atoms with Gasteiger partial charge in [-0.25, -0.2) is 4.98 Å². The molecular formula is C23H23N3O. The third-order valence-corrected chi connectivity index (χ3v) is 4.23. The summed E-state index contributed by atoms with van der Waals surface area (Å²) in [5.41, 5.74) is 4.35. The van der Waals surface area contributed by atoms with Crippen LogP contribution in [0, 0.1) is 0 Å². The number of amides is 1. The maximum Gasteiger partial charge on any atom is 0.246 e. The number of hydrogen-bond acceptors (Lipinski definition) is 2. The van der Waals surface area contributed by atoms with Gasteiger partial charge in [0.2, 0.25) is 5.91 Å². The van der Waals surface area contributed by atoms with E-state index in [0.717, 1.165) is 28.3 Å². The molecular weight excluding hydrogens is 334 g/mol. The molecule has 1 N–H and O–H groups in total. The monoisotopic (exact) mass is 357 g/mol. The third kappa shape index (κ3) is 4.06. The van der Waals surface area contributed by atoms with Gasteiger partial charge in [0.05, 0.1) is 17.9 Å². The van der Waals surface area contributed by atoms with Gasteiger partial charge in [-0.15, -0.1) is 6.58 Å². The van der Waals surface area contributed by atoms with E-state index >= 15 is 0 Å². The van der Waals surface area contributed by atoms with Crippen molar-refractivity contribution in [3.63, 3.8) is 0 Å². The Bertz CT molecular complexity index is 956. The van der Waals surface area contributed by atoms with Crippen molar-refractivity contribution in [3.8, 4) is 22.6 Å². The molecule has 3 rings (SSSR count). The molecule has 2 aromatic carbocycles. The fourth-order valence-electron chi connectivity index (χ4n) is 2.97. The number of allylic oxidation sites excluding steroid dienone is 1. The summed E-state index contributed by atoms with van der Waals surface area (Å²) in [5, 5.41) is 2.90. The number of carbonyl (C=O) groups excluding carboxylic acids is 1. The van der Waals surface area contributed by atoms with Crippen LogP contribution in [0.5, 0.6) is 0 Å². The molecule has 136 valence electrons. The van der Waals surface area contributed by atoms with E-state index in [1.807, 2.05) is 54.6 Å². The number of nitrogens with zero attached hydrogens (tertiary/aromatic N) is 2. The summed E-state index contributed by atoms with van der Waals surface area (Å²) in [5.74, 6) is 0.683. The van der Waals surface area contributed by atoms with Crippen LogP contribution >= 0.6 is 0 Å². The molecule has 0 aliphatic rings. The average Bonchev–Trinajstić information content (AvgIpc) is 3.06. The van der Waals surface area contributed by atoms with Gasteiger partial charge in [-0.05, 0) is 6.92 Å². The average molecular weight is 357 g/mol. The molecule has 0 atom stereocenters. The first-order valence-electron chi connectivity index (χ1n) is 8.86. The highest BCUT2D eigenvalue weighted by atomic mass is 16.1. The van der Waals surface area contributed by atoms with E-state index in [-0.39, 0.29) is 5.91 Å². The molecule has 0 bridgehead atoms. The van der Waals surface area contributed by atoms with Crippen molar-refractivity contribution >= 4 is 5.91 Å². The zero-order valence-electron chi connectivity index (χ0n) is 15.5. The van der Waals surface area contributed by atoms with Crippen LogP contribution in [0.15, 0.2) is 85.5 Å². The van der Waals surface area contributed by atoms with Crippen molar-refractivity contribution in [2.45, 2.75) is 20.0 Å². The second-order valence-electron chi connectivity index (χ2n) is 6.33. The zero-order chi connectivity index (χ0) is 19.2. The van der Waals surface area contributed by atoms with E-state index in [9.17, 15) is 4.79 Å². The first kappa shape index (κ1) is 18.4. The van der Waals surface area contributed by atoms with Crippen LogP contribution in [0.2, 0.25) is 0 Å². The minimum atomic E-state index is -0.173. The lowest BCUT2D eigenvalue weighted by atomic mass is 10.1. The van der Waals surface area contributed by atoms with E-state index in [0.29, 0.717) is 18.7 Å². The van der Waals surface area contributed by atoms with Gasteiger partial charge in [-0.2, -0.15) is 0 Å². The molecule has 4 heteroatoms. The Hall–Kier alpha value is -3.40. The molecule has 0 aliphatic carbocycles. The van der Waals surface area contributed by atoms with Gasteiger partial charge in [0.1, 0.15) is 5.82 Å². The van der Waals surface area contributed by atoms with E-state index in [1.165, 1.54) is 0 Å². The molecule has 27 heavy (non-hydrogen) atoms. The zero-order valence-corrected chi connectivity index (χ0v) is 15.5. The SMILES string of the molecule is C=CCn1c(-c2ccccc2)nc(CNC(=O)C(=C)C)c1-c1ccccc1. The van der Waals surface area contributed by atoms with Crippen molar-refractivity contribution in [1.29, 1.82) is 0 Å². The molecule has 0 saturated heterocycles. The van der Waals surface area contributed by atoms with Crippen molar-refractivity contribution < 1.29 is 4.79 Å². The van der Waals surface area contributed by atoms with E-state index in [4.69, 9.17) is 4.98 Å². The van der Waals surface area contributed by atoms with E-state index < -0.39 is 0 Å². The van der Waals surface area contributed by atoms with Gasteiger partial charge in [-0.1, -0.05) is 73.3 Å².